The molecule has 0 amide bonds. The lowest BCUT2D eigenvalue weighted by atomic mass is 10.1. The van der Waals surface area contributed by atoms with Crippen LogP contribution in [0.5, 0.6) is 5.75 Å². The van der Waals surface area contributed by atoms with Gasteiger partial charge in [0, 0.05) is 56.9 Å². The summed E-state index contributed by atoms with van der Waals surface area (Å²) >= 11 is 0. The summed E-state index contributed by atoms with van der Waals surface area (Å²) in [5, 5.41) is 8.64. The van der Waals surface area contributed by atoms with Crippen molar-refractivity contribution in [2.24, 2.45) is 0 Å². The summed E-state index contributed by atoms with van der Waals surface area (Å²) in [6, 6.07) is 8.36. The third-order valence-corrected chi connectivity index (χ3v) is 6.37. The van der Waals surface area contributed by atoms with Crippen LogP contribution in [0, 0.1) is 0 Å². The van der Waals surface area contributed by atoms with Crippen LogP contribution in [0.3, 0.4) is 0 Å². The lowest BCUT2D eigenvalue weighted by Gasteiger charge is -2.40. The van der Waals surface area contributed by atoms with Gasteiger partial charge in [-0.15, -0.1) is 0 Å². The Morgan fingerprint density at radius 2 is 1.89 bits per heavy atom. The molecule has 1 aliphatic rings. The molecular formula is C27H40N6O4. The maximum Gasteiger partial charge on any atom is 0.180 e. The number of fused-ring (bicyclic) bond motifs is 1. The van der Waals surface area contributed by atoms with Crippen molar-refractivity contribution < 1.29 is 18.9 Å². The Morgan fingerprint density at radius 3 is 2.62 bits per heavy atom. The van der Waals surface area contributed by atoms with E-state index in [-0.39, 0.29) is 12.4 Å². The lowest BCUT2D eigenvalue weighted by molar-refractivity contribution is -0.168. The number of benzene rings is 1. The molecule has 1 aromatic carbocycles. The van der Waals surface area contributed by atoms with Gasteiger partial charge in [0.1, 0.15) is 23.6 Å². The van der Waals surface area contributed by atoms with Crippen molar-refractivity contribution in [1.29, 1.82) is 0 Å². The summed E-state index contributed by atoms with van der Waals surface area (Å²) in [4.78, 5) is 13.9. The molecule has 1 atom stereocenters. The number of anilines is 1. The first kappa shape index (κ1) is 27.3. The predicted octanol–water partition coefficient (Wildman–Crippen LogP) is 3.73. The minimum Gasteiger partial charge on any atom is -0.491 e. The van der Waals surface area contributed by atoms with Gasteiger partial charge in [-0.1, -0.05) is 0 Å². The van der Waals surface area contributed by atoms with Gasteiger partial charge in [0.05, 0.1) is 30.5 Å². The molecule has 1 saturated heterocycles. The summed E-state index contributed by atoms with van der Waals surface area (Å²) in [6.07, 6.45) is 1.43. The first-order valence-electron chi connectivity index (χ1n) is 13.3. The Bertz CT molecular complexity index is 1120. The fourth-order valence-corrected chi connectivity index (χ4v) is 4.60. The van der Waals surface area contributed by atoms with E-state index in [1.807, 2.05) is 52.0 Å². The van der Waals surface area contributed by atoms with Crippen molar-refractivity contribution in [3.63, 3.8) is 0 Å². The Labute approximate surface area is 219 Å². The maximum absolute atomic E-state index is 5.88. The average Bonchev–Trinajstić information content (AvgIpc) is 3.30. The van der Waals surface area contributed by atoms with Crippen LogP contribution in [0.25, 0.3) is 22.3 Å². The molecule has 1 aliphatic heterocycles. The molecule has 0 unspecified atom stereocenters. The van der Waals surface area contributed by atoms with Crippen LogP contribution >= 0.6 is 0 Å². The minimum absolute atomic E-state index is 0.104. The van der Waals surface area contributed by atoms with Crippen molar-refractivity contribution >= 4 is 16.7 Å². The summed E-state index contributed by atoms with van der Waals surface area (Å²) in [7, 11) is 0. The normalized spacial score (nSPS) is 16.8. The van der Waals surface area contributed by atoms with Gasteiger partial charge >= 0.3 is 0 Å². The Balaban J connectivity index is 1.36. The van der Waals surface area contributed by atoms with Crippen molar-refractivity contribution in [2.45, 2.75) is 53.1 Å². The highest BCUT2D eigenvalue weighted by molar-refractivity contribution is 5.93. The second kappa shape index (κ2) is 13.1. The minimum atomic E-state index is -0.294. The van der Waals surface area contributed by atoms with E-state index in [9.17, 15) is 0 Å². The molecule has 10 nitrogen and oxygen atoms in total. The molecule has 0 saturated carbocycles. The third-order valence-electron chi connectivity index (χ3n) is 6.37. The summed E-state index contributed by atoms with van der Waals surface area (Å²) in [5.74, 6) is 1.73. The molecule has 1 fully saturated rings. The van der Waals surface area contributed by atoms with Gasteiger partial charge in [-0.3, -0.25) is 10.00 Å². The molecular weight excluding hydrogens is 472 g/mol. The van der Waals surface area contributed by atoms with Crippen LogP contribution in [0.1, 0.15) is 34.6 Å². The molecule has 3 aromatic rings. The highest BCUT2D eigenvalue weighted by atomic mass is 16.7. The SMILES string of the molecule is CCOC(COCCN1CCN(c2cc(-c3n[nH]c4ccc(OC(C)C)cc34)ncn2)C[C@@H]1C)OCC. The van der Waals surface area contributed by atoms with E-state index in [1.165, 1.54) is 0 Å². The quantitative estimate of drug-likeness (QED) is 0.271. The highest BCUT2D eigenvalue weighted by Gasteiger charge is 2.25. The van der Waals surface area contributed by atoms with E-state index < -0.39 is 0 Å². The monoisotopic (exact) mass is 512 g/mol. The van der Waals surface area contributed by atoms with Gasteiger partial charge < -0.3 is 23.8 Å². The van der Waals surface area contributed by atoms with Gasteiger partial charge in [-0.05, 0) is 52.8 Å². The zero-order chi connectivity index (χ0) is 26.2. The second-order valence-electron chi connectivity index (χ2n) is 9.45. The summed E-state index contributed by atoms with van der Waals surface area (Å²) in [6.45, 7) is 16.1. The first-order valence-corrected chi connectivity index (χ1v) is 13.3. The van der Waals surface area contributed by atoms with E-state index in [0.29, 0.717) is 32.5 Å². The standard InChI is InChI=1S/C27H40N6O4/c1-6-35-26(36-7-2)17-34-13-12-32-10-11-33(16-20(32)5)25-15-24(28-18-29-25)27-22-14-21(37-19(3)4)8-9-23(22)30-31-27/h8-9,14-15,18-20,26H,6-7,10-13,16-17H2,1-5H3,(H,30,31)/t20-/m0/s1. The number of hydrogen-bond donors (Lipinski definition) is 1. The zero-order valence-electron chi connectivity index (χ0n) is 22.6. The number of nitrogens with one attached hydrogen (secondary N) is 1. The number of piperazine rings is 1. The van der Waals surface area contributed by atoms with Gasteiger partial charge in [-0.2, -0.15) is 5.10 Å². The summed E-state index contributed by atoms with van der Waals surface area (Å²) < 4.78 is 22.8. The fourth-order valence-electron chi connectivity index (χ4n) is 4.60. The number of rotatable bonds is 13. The van der Waals surface area contributed by atoms with Crippen LogP contribution in [0.15, 0.2) is 30.6 Å². The Morgan fingerprint density at radius 1 is 1.08 bits per heavy atom. The number of aromatic nitrogens is 4. The number of aromatic amines is 1. The number of H-pyrrole nitrogens is 1. The maximum atomic E-state index is 5.88. The van der Waals surface area contributed by atoms with Gasteiger partial charge in [0.15, 0.2) is 6.29 Å². The number of nitrogens with zero attached hydrogens (tertiary/aromatic N) is 5. The molecule has 10 heteroatoms. The lowest BCUT2D eigenvalue weighted by Crippen LogP contribution is -2.53. The molecule has 1 N–H and O–H groups in total. The largest absolute Gasteiger partial charge is 0.491 e. The highest BCUT2D eigenvalue weighted by Crippen LogP contribution is 2.30. The van der Waals surface area contributed by atoms with Crippen LogP contribution in [0.2, 0.25) is 0 Å². The Kier molecular flexibility index (Phi) is 9.68. The van der Waals surface area contributed by atoms with Crippen LogP contribution in [0.4, 0.5) is 5.82 Å². The molecule has 0 aliphatic carbocycles. The van der Waals surface area contributed by atoms with Crippen molar-refractivity contribution in [3.05, 3.63) is 30.6 Å². The molecule has 2 aromatic heterocycles. The van der Waals surface area contributed by atoms with E-state index in [0.717, 1.165) is 60.0 Å². The van der Waals surface area contributed by atoms with Gasteiger partial charge in [0.25, 0.3) is 0 Å². The topological polar surface area (TPSA) is 97.9 Å². The number of ether oxygens (including phenoxy) is 4. The van der Waals surface area contributed by atoms with Crippen LogP contribution in [-0.4, -0.2) is 96.1 Å². The number of hydrogen-bond acceptors (Lipinski definition) is 9. The second-order valence-corrected chi connectivity index (χ2v) is 9.45. The molecule has 4 rings (SSSR count). The average molecular weight is 513 g/mol. The van der Waals surface area contributed by atoms with E-state index in [1.54, 1.807) is 6.33 Å². The van der Waals surface area contributed by atoms with Crippen LogP contribution < -0.4 is 9.64 Å². The van der Waals surface area contributed by atoms with E-state index in [2.05, 4.69) is 36.9 Å². The summed E-state index contributed by atoms with van der Waals surface area (Å²) in [5.41, 5.74) is 2.54. The van der Waals surface area contributed by atoms with Crippen molar-refractivity contribution in [1.82, 2.24) is 25.1 Å². The van der Waals surface area contributed by atoms with E-state index >= 15 is 0 Å². The van der Waals surface area contributed by atoms with E-state index in [4.69, 9.17) is 18.9 Å². The zero-order valence-corrected chi connectivity index (χ0v) is 22.6. The molecule has 0 spiro atoms. The van der Waals surface area contributed by atoms with Gasteiger partial charge in [-0.25, -0.2) is 9.97 Å². The molecule has 0 bridgehead atoms. The molecule has 0 radical (unpaired) electrons. The van der Waals surface area contributed by atoms with Crippen LogP contribution in [-0.2, 0) is 14.2 Å². The predicted molar refractivity (Wildman–Crippen MR) is 144 cm³/mol. The van der Waals surface area contributed by atoms with Crippen molar-refractivity contribution in [3.8, 4) is 17.1 Å². The van der Waals surface area contributed by atoms with Crippen molar-refractivity contribution in [2.75, 3.05) is 57.5 Å². The fraction of sp³-hybridized carbons (Fsp3) is 0.593. The smallest absolute Gasteiger partial charge is 0.180 e. The molecule has 3 heterocycles. The molecule has 37 heavy (non-hydrogen) atoms. The molecule has 202 valence electrons. The Hall–Kier alpha value is -2.79. The third kappa shape index (κ3) is 7.16. The first-order chi connectivity index (χ1) is 18.0. The van der Waals surface area contributed by atoms with Gasteiger partial charge in [0.2, 0.25) is 0 Å².